The first-order valence-corrected chi connectivity index (χ1v) is 10.8. The Balaban J connectivity index is 5.47. The Bertz CT molecular complexity index is 623. The molecule has 0 rings (SSSR count). The lowest BCUT2D eigenvalue weighted by atomic mass is 9.96. The van der Waals surface area contributed by atoms with Gasteiger partial charge in [0, 0.05) is 0 Å². The molecule has 0 aromatic rings. The molecule has 31 heavy (non-hydrogen) atoms. The third-order valence-corrected chi connectivity index (χ3v) is 5.15. The van der Waals surface area contributed by atoms with Crippen LogP contribution in [0.25, 0.3) is 0 Å². The summed E-state index contributed by atoms with van der Waals surface area (Å²) in [7, 11) is 0. The number of nitrogens with two attached hydrogens (primary N) is 1. The molecule has 0 aliphatic rings. The summed E-state index contributed by atoms with van der Waals surface area (Å²) in [4.78, 5) is 49.4. The monoisotopic (exact) mass is 444 g/mol. The van der Waals surface area contributed by atoms with E-state index >= 15 is 0 Å². The smallest absolute Gasteiger partial charge is 0.326 e. The fourth-order valence-corrected chi connectivity index (χ4v) is 2.98. The van der Waals surface area contributed by atoms with E-state index in [1.165, 1.54) is 6.92 Å². The van der Waals surface area contributed by atoms with Crippen LogP contribution in [0.5, 0.6) is 0 Å². The number of carbonyl (C=O) groups excluding carboxylic acids is 3. The zero-order chi connectivity index (χ0) is 24.5. The Hall–Kier alpha value is -2.20. The van der Waals surface area contributed by atoms with Crippen LogP contribution in [0.3, 0.4) is 0 Å². The number of carboxylic acids is 1. The summed E-state index contributed by atoms with van der Waals surface area (Å²) in [6, 6.07) is -4.31. The Kier molecular flexibility index (Phi) is 12.3. The van der Waals surface area contributed by atoms with Crippen molar-refractivity contribution in [2.45, 2.75) is 91.6 Å². The highest BCUT2D eigenvalue weighted by atomic mass is 16.4. The maximum absolute atomic E-state index is 12.8. The van der Waals surface area contributed by atoms with Gasteiger partial charge in [-0.3, -0.25) is 14.4 Å². The second kappa shape index (κ2) is 13.3. The normalized spacial score (nSPS) is 17.3. The Morgan fingerprint density at radius 2 is 1.26 bits per heavy atom. The van der Waals surface area contributed by atoms with Crippen LogP contribution < -0.4 is 21.7 Å². The minimum atomic E-state index is -1.31. The first kappa shape index (κ1) is 28.8. The van der Waals surface area contributed by atoms with E-state index in [0.29, 0.717) is 12.8 Å². The fraction of sp³-hybridized carbons (Fsp3) is 0.810. The van der Waals surface area contributed by atoms with Gasteiger partial charge in [0.2, 0.25) is 17.7 Å². The van der Waals surface area contributed by atoms with Gasteiger partial charge in [-0.2, -0.15) is 0 Å². The zero-order valence-electron chi connectivity index (χ0n) is 19.6. The summed E-state index contributed by atoms with van der Waals surface area (Å²) >= 11 is 0. The summed E-state index contributed by atoms with van der Waals surface area (Å²) in [5, 5.41) is 26.8. The van der Waals surface area contributed by atoms with Crippen LogP contribution in [-0.2, 0) is 19.2 Å². The molecule has 0 saturated carbocycles. The molecule has 7 N–H and O–H groups in total. The summed E-state index contributed by atoms with van der Waals surface area (Å²) in [5.74, 6) is -3.66. The van der Waals surface area contributed by atoms with Gasteiger partial charge in [-0.1, -0.05) is 48.0 Å². The van der Waals surface area contributed by atoms with E-state index in [2.05, 4.69) is 16.0 Å². The average molecular weight is 445 g/mol. The molecule has 6 atom stereocenters. The molecule has 0 aliphatic heterocycles. The summed E-state index contributed by atoms with van der Waals surface area (Å²) in [6.45, 7) is 12.0. The van der Waals surface area contributed by atoms with Crippen molar-refractivity contribution in [3.8, 4) is 0 Å². The van der Waals surface area contributed by atoms with Gasteiger partial charge in [0.1, 0.15) is 18.1 Å². The molecule has 0 bridgehead atoms. The molecular weight excluding hydrogens is 404 g/mol. The van der Waals surface area contributed by atoms with Gasteiger partial charge in [-0.25, -0.2) is 4.79 Å². The first-order valence-electron chi connectivity index (χ1n) is 10.8. The van der Waals surface area contributed by atoms with E-state index in [1.807, 2.05) is 20.8 Å². The Morgan fingerprint density at radius 1 is 0.806 bits per heavy atom. The molecule has 6 unspecified atom stereocenters. The van der Waals surface area contributed by atoms with Crippen molar-refractivity contribution in [2.75, 3.05) is 0 Å². The molecule has 0 spiro atoms. The van der Waals surface area contributed by atoms with Crippen LogP contribution >= 0.6 is 0 Å². The highest BCUT2D eigenvalue weighted by Crippen LogP contribution is 2.11. The van der Waals surface area contributed by atoms with E-state index in [-0.39, 0.29) is 17.8 Å². The van der Waals surface area contributed by atoms with Crippen molar-refractivity contribution in [1.29, 1.82) is 0 Å². The summed E-state index contributed by atoms with van der Waals surface area (Å²) in [5.41, 5.74) is 5.85. The molecule has 180 valence electrons. The Morgan fingerprint density at radius 3 is 1.65 bits per heavy atom. The van der Waals surface area contributed by atoms with E-state index in [1.54, 1.807) is 20.8 Å². The predicted octanol–water partition coefficient (Wildman–Crippen LogP) is -0.0183. The number of rotatable bonds is 13. The number of carbonyl (C=O) groups is 4. The van der Waals surface area contributed by atoms with Gasteiger partial charge >= 0.3 is 5.97 Å². The molecule has 3 amide bonds. The van der Waals surface area contributed by atoms with Crippen molar-refractivity contribution in [3.63, 3.8) is 0 Å². The van der Waals surface area contributed by atoms with Crippen molar-refractivity contribution < 1.29 is 29.4 Å². The maximum atomic E-state index is 12.8. The second-order valence-corrected chi connectivity index (χ2v) is 8.90. The van der Waals surface area contributed by atoms with E-state index in [4.69, 9.17) is 5.73 Å². The van der Waals surface area contributed by atoms with E-state index in [0.717, 1.165) is 0 Å². The van der Waals surface area contributed by atoms with E-state index < -0.39 is 54.0 Å². The number of hydrogen-bond donors (Lipinski definition) is 6. The minimum Gasteiger partial charge on any atom is -0.480 e. The lowest BCUT2D eigenvalue weighted by molar-refractivity contribution is -0.144. The number of amides is 3. The molecule has 0 radical (unpaired) electrons. The van der Waals surface area contributed by atoms with Crippen molar-refractivity contribution >= 4 is 23.7 Å². The van der Waals surface area contributed by atoms with Crippen LogP contribution in [0.4, 0.5) is 0 Å². The molecule has 0 saturated heterocycles. The van der Waals surface area contributed by atoms with E-state index in [9.17, 15) is 29.4 Å². The molecule has 0 aromatic heterocycles. The molecular formula is C21H40N4O6. The molecule has 0 aromatic carbocycles. The molecule has 10 nitrogen and oxygen atoms in total. The number of carboxylic acid groups (broad SMARTS) is 1. The third-order valence-electron chi connectivity index (χ3n) is 5.15. The molecule has 10 heteroatoms. The highest BCUT2D eigenvalue weighted by Gasteiger charge is 2.34. The maximum Gasteiger partial charge on any atom is 0.326 e. The lowest BCUT2D eigenvalue weighted by Gasteiger charge is -2.29. The number of aliphatic hydroxyl groups is 1. The largest absolute Gasteiger partial charge is 0.480 e. The highest BCUT2D eigenvalue weighted by molar-refractivity contribution is 5.94. The van der Waals surface area contributed by atoms with Crippen LogP contribution in [0.1, 0.15) is 61.3 Å². The topological polar surface area (TPSA) is 171 Å². The third kappa shape index (κ3) is 9.65. The predicted molar refractivity (Wildman–Crippen MR) is 117 cm³/mol. The molecule has 0 aliphatic carbocycles. The SMILES string of the molecule is CCC(C)C(NC(=O)C(NC(=O)C(N)CC(C)C)C(C)O)C(=O)NC(C(=O)O)C(C)C. The van der Waals surface area contributed by atoms with Gasteiger partial charge in [-0.05, 0) is 31.1 Å². The number of hydrogen-bond acceptors (Lipinski definition) is 6. The van der Waals surface area contributed by atoms with Crippen LogP contribution in [0.2, 0.25) is 0 Å². The van der Waals surface area contributed by atoms with Gasteiger partial charge in [-0.15, -0.1) is 0 Å². The fourth-order valence-electron chi connectivity index (χ4n) is 2.98. The summed E-state index contributed by atoms with van der Waals surface area (Å²) in [6.07, 6.45) is -0.301. The van der Waals surface area contributed by atoms with Gasteiger partial charge < -0.3 is 31.9 Å². The zero-order valence-corrected chi connectivity index (χ0v) is 19.6. The van der Waals surface area contributed by atoms with Crippen LogP contribution in [-0.4, -0.2) is 64.2 Å². The minimum absolute atomic E-state index is 0.168. The van der Waals surface area contributed by atoms with Crippen LogP contribution in [0, 0.1) is 17.8 Å². The summed E-state index contributed by atoms with van der Waals surface area (Å²) < 4.78 is 0. The Labute approximate surface area is 184 Å². The van der Waals surface area contributed by atoms with Gasteiger partial charge in [0.05, 0.1) is 12.1 Å². The second-order valence-electron chi connectivity index (χ2n) is 8.90. The average Bonchev–Trinajstić information content (AvgIpc) is 2.65. The number of aliphatic hydroxyl groups excluding tert-OH is 1. The van der Waals surface area contributed by atoms with Gasteiger partial charge in [0.25, 0.3) is 0 Å². The van der Waals surface area contributed by atoms with Gasteiger partial charge in [0.15, 0.2) is 0 Å². The lowest BCUT2D eigenvalue weighted by Crippen LogP contribution is -2.61. The standard InChI is InChI=1S/C21H40N4O6/c1-8-12(6)16(19(28)23-15(11(4)5)21(30)31)24-20(29)17(13(7)26)25-18(27)14(22)9-10(2)3/h10-17,26H,8-9,22H2,1-7H3,(H,23,28)(H,24,29)(H,25,27)(H,30,31). The molecule has 0 fully saturated rings. The van der Waals surface area contributed by atoms with Crippen molar-refractivity contribution in [3.05, 3.63) is 0 Å². The quantitative estimate of drug-likeness (QED) is 0.232. The number of nitrogens with one attached hydrogen (secondary N) is 3. The van der Waals surface area contributed by atoms with Crippen molar-refractivity contribution in [1.82, 2.24) is 16.0 Å². The first-order chi connectivity index (χ1) is 14.2. The van der Waals surface area contributed by atoms with Crippen LogP contribution in [0.15, 0.2) is 0 Å². The number of aliphatic carboxylic acids is 1. The van der Waals surface area contributed by atoms with Crippen molar-refractivity contribution in [2.24, 2.45) is 23.5 Å². The molecule has 0 heterocycles.